The van der Waals surface area contributed by atoms with Gasteiger partial charge in [0.05, 0.1) is 19.0 Å². The van der Waals surface area contributed by atoms with Gasteiger partial charge in [0.15, 0.2) is 0 Å². The van der Waals surface area contributed by atoms with E-state index in [1.807, 2.05) is 60.8 Å². The fraction of sp³-hybridized carbons (Fsp3) is 0.167. The zero-order valence-corrected chi connectivity index (χ0v) is 17.1. The van der Waals surface area contributed by atoms with Crippen LogP contribution in [0.5, 0.6) is 11.5 Å². The van der Waals surface area contributed by atoms with E-state index in [1.54, 1.807) is 37.6 Å². The number of nitrogens with one attached hydrogen (secondary N) is 1. The minimum absolute atomic E-state index is 0.422. The van der Waals surface area contributed by atoms with E-state index in [-0.39, 0.29) is 0 Å². The number of benzene rings is 2. The van der Waals surface area contributed by atoms with Gasteiger partial charge in [-0.2, -0.15) is 0 Å². The molecule has 1 amide bonds. The number of aromatic nitrogens is 2. The summed E-state index contributed by atoms with van der Waals surface area (Å²) in [5.74, 6) is 1.13. The predicted octanol–water partition coefficient (Wildman–Crippen LogP) is 4.84. The van der Waals surface area contributed by atoms with Crippen molar-refractivity contribution >= 4 is 11.7 Å². The van der Waals surface area contributed by atoms with Crippen molar-refractivity contribution in [2.24, 2.45) is 0 Å². The lowest BCUT2D eigenvalue weighted by Gasteiger charge is -2.22. The molecule has 6 heteroatoms. The van der Waals surface area contributed by atoms with Gasteiger partial charge >= 0.3 is 6.09 Å². The number of amides is 1. The van der Waals surface area contributed by atoms with E-state index in [0.29, 0.717) is 11.5 Å². The first-order valence-corrected chi connectivity index (χ1v) is 9.67. The number of pyridine rings is 1. The molecule has 4 rings (SSSR count). The van der Waals surface area contributed by atoms with Crippen LogP contribution in [-0.2, 0) is 0 Å². The number of carbonyl (C=O) groups is 1. The van der Waals surface area contributed by atoms with Crippen LogP contribution in [0.2, 0.25) is 0 Å². The van der Waals surface area contributed by atoms with E-state index >= 15 is 0 Å². The molecule has 1 atom stereocenters. The highest BCUT2D eigenvalue weighted by molar-refractivity contribution is 5.72. The summed E-state index contributed by atoms with van der Waals surface area (Å²) in [5, 5.41) is 3.03. The van der Waals surface area contributed by atoms with E-state index < -0.39 is 12.1 Å². The first-order valence-electron chi connectivity index (χ1n) is 9.67. The van der Waals surface area contributed by atoms with E-state index in [1.165, 1.54) is 0 Å². The Balaban J connectivity index is 1.69. The standard InChI is InChI=1S/C24H23N3O3/c1-16-7-6-8-17(2)22(16)23(20-15-25-21-9-4-5-14-27(20)21)26-24(28)30-19-12-10-18(29-3)11-13-19/h4-15,23H,1-3H3,(H,26,28). The topological polar surface area (TPSA) is 64.9 Å². The average Bonchev–Trinajstić information content (AvgIpc) is 3.17. The molecule has 2 aromatic carbocycles. The molecule has 1 unspecified atom stereocenters. The Hall–Kier alpha value is -3.80. The molecule has 0 aliphatic rings. The van der Waals surface area contributed by atoms with Crippen LogP contribution in [0.4, 0.5) is 4.79 Å². The number of aryl methyl sites for hydroxylation is 2. The molecule has 4 aromatic rings. The molecular formula is C24H23N3O3. The molecule has 0 fully saturated rings. The van der Waals surface area contributed by atoms with Crippen LogP contribution in [0.15, 0.2) is 73.1 Å². The molecule has 2 heterocycles. The summed E-state index contributed by atoms with van der Waals surface area (Å²) in [4.78, 5) is 17.3. The lowest BCUT2D eigenvalue weighted by atomic mass is 9.94. The summed E-state index contributed by atoms with van der Waals surface area (Å²) < 4.78 is 12.6. The molecule has 0 aliphatic carbocycles. The Morgan fingerprint density at radius 2 is 1.67 bits per heavy atom. The van der Waals surface area contributed by atoms with E-state index in [4.69, 9.17) is 9.47 Å². The Morgan fingerprint density at radius 3 is 2.37 bits per heavy atom. The van der Waals surface area contributed by atoms with Crippen molar-refractivity contribution in [1.82, 2.24) is 14.7 Å². The van der Waals surface area contributed by atoms with Gasteiger partial charge in [0.1, 0.15) is 23.2 Å². The van der Waals surface area contributed by atoms with E-state index in [2.05, 4.69) is 10.3 Å². The monoisotopic (exact) mass is 401 g/mol. The second-order valence-electron chi connectivity index (χ2n) is 7.06. The molecule has 0 spiro atoms. The van der Waals surface area contributed by atoms with Crippen LogP contribution in [-0.4, -0.2) is 22.6 Å². The van der Waals surface area contributed by atoms with Gasteiger partial charge in [0, 0.05) is 6.20 Å². The summed E-state index contributed by atoms with van der Waals surface area (Å²) in [6.07, 6.45) is 3.19. The number of hydrogen-bond donors (Lipinski definition) is 1. The van der Waals surface area contributed by atoms with Crippen LogP contribution in [0.1, 0.15) is 28.4 Å². The third-order valence-electron chi connectivity index (χ3n) is 5.10. The minimum Gasteiger partial charge on any atom is -0.497 e. The minimum atomic E-state index is -0.543. The van der Waals surface area contributed by atoms with Crippen molar-refractivity contribution in [1.29, 1.82) is 0 Å². The average molecular weight is 401 g/mol. The normalized spacial score (nSPS) is 11.8. The molecule has 0 saturated carbocycles. The first kappa shape index (κ1) is 19.5. The van der Waals surface area contributed by atoms with Gasteiger partial charge in [0.2, 0.25) is 0 Å². The molecule has 0 aliphatic heterocycles. The smallest absolute Gasteiger partial charge is 0.413 e. The Kier molecular flexibility index (Phi) is 5.39. The van der Waals surface area contributed by atoms with Gasteiger partial charge in [-0.1, -0.05) is 24.3 Å². The lowest BCUT2D eigenvalue weighted by Crippen LogP contribution is -2.33. The van der Waals surface area contributed by atoms with Gasteiger partial charge in [-0.3, -0.25) is 0 Å². The lowest BCUT2D eigenvalue weighted by molar-refractivity contribution is 0.197. The van der Waals surface area contributed by atoms with Crippen molar-refractivity contribution in [3.63, 3.8) is 0 Å². The molecule has 6 nitrogen and oxygen atoms in total. The van der Waals surface area contributed by atoms with Crippen LogP contribution in [0.25, 0.3) is 5.65 Å². The molecule has 0 radical (unpaired) electrons. The van der Waals surface area contributed by atoms with Gasteiger partial charge in [-0.05, 0) is 66.9 Å². The molecule has 0 bridgehead atoms. The summed E-state index contributed by atoms with van der Waals surface area (Å²) in [5.41, 5.74) is 4.85. The van der Waals surface area contributed by atoms with Crippen molar-refractivity contribution in [3.8, 4) is 11.5 Å². The van der Waals surface area contributed by atoms with Gasteiger partial charge in [-0.15, -0.1) is 0 Å². The van der Waals surface area contributed by atoms with E-state index in [0.717, 1.165) is 28.0 Å². The maximum absolute atomic E-state index is 12.8. The molecule has 1 N–H and O–H groups in total. The fourth-order valence-electron chi connectivity index (χ4n) is 3.64. The highest BCUT2D eigenvalue weighted by Gasteiger charge is 2.24. The third-order valence-corrected chi connectivity index (χ3v) is 5.10. The Morgan fingerprint density at radius 1 is 0.967 bits per heavy atom. The second-order valence-corrected chi connectivity index (χ2v) is 7.06. The maximum Gasteiger partial charge on any atom is 0.413 e. The van der Waals surface area contributed by atoms with Crippen molar-refractivity contribution < 1.29 is 14.3 Å². The molecule has 152 valence electrons. The summed E-state index contributed by atoms with van der Waals surface area (Å²) >= 11 is 0. The van der Waals surface area contributed by atoms with Gasteiger partial charge < -0.3 is 19.2 Å². The van der Waals surface area contributed by atoms with Crippen molar-refractivity contribution in [2.45, 2.75) is 19.9 Å². The highest BCUT2D eigenvalue weighted by atomic mass is 16.6. The molecule has 2 aromatic heterocycles. The molecular weight excluding hydrogens is 378 g/mol. The van der Waals surface area contributed by atoms with Crippen molar-refractivity contribution in [3.05, 3.63) is 95.4 Å². The number of fused-ring (bicyclic) bond motifs is 1. The van der Waals surface area contributed by atoms with Gasteiger partial charge in [-0.25, -0.2) is 9.78 Å². The predicted molar refractivity (Wildman–Crippen MR) is 115 cm³/mol. The second kappa shape index (κ2) is 8.29. The number of rotatable bonds is 5. The number of ether oxygens (including phenoxy) is 2. The van der Waals surface area contributed by atoms with Gasteiger partial charge in [0.25, 0.3) is 0 Å². The van der Waals surface area contributed by atoms with Crippen LogP contribution < -0.4 is 14.8 Å². The van der Waals surface area contributed by atoms with E-state index in [9.17, 15) is 4.79 Å². The number of nitrogens with zero attached hydrogens (tertiary/aromatic N) is 2. The SMILES string of the molecule is COc1ccc(OC(=O)NC(c2c(C)cccc2C)c2cnc3ccccn23)cc1. The fourth-order valence-corrected chi connectivity index (χ4v) is 3.64. The zero-order chi connectivity index (χ0) is 21.1. The largest absolute Gasteiger partial charge is 0.497 e. The van der Waals surface area contributed by atoms with Crippen LogP contribution >= 0.6 is 0 Å². The number of methoxy groups -OCH3 is 1. The highest BCUT2D eigenvalue weighted by Crippen LogP contribution is 2.29. The van der Waals surface area contributed by atoms with Crippen LogP contribution in [0, 0.1) is 13.8 Å². The summed E-state index contributed by atoms with van der Waals surface area (Å²) in [6.45, 7) is 4.07. The first-order chi connectivity index (χ1) is 14.6. The van der Waals surface area contributed by atoms with Crippen LogP contribution in [0.3, 0.4) is 0 Å². The number of imidazole rings is 1. The summed E-state index contributed by atoms with van der Waals surface area (Å²) in [6, 6.07) is 18.4. The summed E-state index contributed by atoms with van der Waals surface area (Å²) in [7, 11) is 1.59. The quantitative estimate of drug-likeness (QED) is 0.520. The number of hydrogen-bond acceptors (Lipinski definition) is 4. The zero-order valence-electron chi connectivity index (χ0n) is 17.1. The van der Waals surface area contributed by atoms with Crippen molar-refractivity contribution in [2.75, 3.05) is 7.11 Å². The molecule has 30 heavy (non-hydrogen) atoms. The number of carbonyl (C=O) groups excluding carboxylic acids is 1. The Labute approximate surface area is 175 Å². The maximum atomic E-state index is 12.8. The molecule has 0 saturated heterocycles. The third kappa shape index (κ3) is 3.85. The Bertz CT molecular complexity index is 1160.